The molecule has 20 heavy (non-hydrogen) atoms. The summed E-state index contributed by atoms with van der Waals surface area (Å²) in [6, 6.07) is 4.93. The molecule has 0 saturated carbocycles. The molecule has 1 fully saturated rings. The lowest BCUT2D eigenvalue weighted by molar-refractivity contribution is 0.409. The fraction of sp³-hybridized carbons (Fsp3) is 0.706. The zero-order valence-corrected chi connectivity index (χ0v) is 14.5. The Kier molecular flexibility index (Phi) is 10.1. The largest absolute Gasteiger partial charge is 0.355 e. The van der Waals surface area contributed by atoms with Gasteiger partial charge in [0, 0.05) is 25.8 Å². The summed E-state index contributed by atoms with van der Waals surface area (Å²) in [5.74, 6) is 1.09. The van der Waals surface area contributed by atoms with E-state index in [0.29, 0.717) is 6.04 Å². The molecule has 1 aromatic heterocycles. The van der Waals surface area contributed by atoms with Gasteiger partial charge in [-0.3, -0.25) is 0 Å². The second kappa shape index (κ2) is 10.7. The summed E-state index contributed by atoms with van der Waals surface area (Å²) in [5.41, 5.74) is 1.31. The molecule has 3 nitrogen and oxygen atoms in total. The highest BCUT2D eigenvalue weighted by atomic mass is 15.3. The summed E-state index contributed by atoms with van der Waals surface area (Å²) in [6.07, 6.45) is 4.29. The molecular weight excluding hydrogens is 246 g/mol. The molecule has 2 heterocycles. The summed E-state index contributed by atoms with van der Waals surface area (Å²) < 4.78 is 0. The van der Waals surface area contributed by atoms with Gasteiger partial charge in [0.2, 0.25) is 0 Å². The lowest BCUT2D eigenvalue weighted by Gasteiger charge is -2.25. The third-order valence-electron chi connectivity index (χ3n) is 3.49. The molecule has 0 bridgehead atoms. The second-order valence-corrected chi connectivity index (χ2v) is 4.69. The van der Waals surface area contributed by atoms with Crippen LogP contribution in [-0.2, 0) is 6.42 Å². The van der Waals surface area contributed by atoms with E-state index in [4.69, 9.17) is 0 Å². The number of rotatable bonds is 3. The van der Waals surface area contributed by atoms with Crippen LogP contribution in [0.15, 0.2) is 18.3 Å². The maximum Gasteiger partial charge on any atom is 0.128 e. The van der Waals surface area contributed by atoms with Gasteiger partial charge < -0.3 is 9.80 Å². The van der Waals surface area contributed by atoms with Gasteiger partial charge in [-0.05, 0) is 38.1 Å². The molecule has 1 aromatic rings. The second-order valence-electron chi connectivity index (χ2n) is 4.69. The van der Waals surface area contributed by atoms with Crippen molar-refractivity contribution < 1.29 is 0 Å². The van der Waals surface area contributed by atoms with Crippen LogP contribution in [0.3, 0.4) is 0 Å². The van der Waals surface area contributed by atoms with Crippen molar-refractivity contribution in [2.75, 3.05) is 32.1 Å². The molecule has 0 radical (unpaired) electrons. The molecule has 1 aliphatic heterocycles. The fourth-order valence-corrected chi connectivity index (χ4v) is 2.25. The van der Waals surface area contributed by atoms with Crippen LogP contribution in [0.25, 0.3) is 0 Å². The standard InChI is InChI=1S/C13H21N3.2C2H6/c1-4-11-5-6-13(14-9-11)16(3)12-7-8-15(2)10-12;2*1-2/h5-6,9,12H,4,7-8,10H2,1-3H3;2*1-2H3. The minimum atomic E-state index is 0.616. The number of pyridine rings is 1. The van der Waals surface area contributed by atoms with Crippen molar-refractivity contribution in [3.8, 4) is 0 Å². The van der Waals surface area contributed by atoms with E-state index >= 15 is 0 Å². The Labute approximate surface area is 126 Å². The minimum Gasteiger partial charge on any atom is -0.355 e. The molecule has 1 atom stereocenters. The summed E-state index contributed by atoms with van der Waals surface area (Å²) in [5, 5.41) is 0. The first-order chi connectivity index (χ1) is 9.70. The SMILES string of the molecule is CC.CC.CCc1ccc(N(C)C2CCN(C)C2)nc1. The number of hydrogen-bond acceptors (Lipinski definition) is 3. The van der Waals surface area contributed by atoms with E-state index in [9.17, 15) is 0 Å². The van der Waals surface area contributed by atoms with Gasteiger partial charge >= 0.3 is 0 Å². The Bertz CT molecular complexity index is 335. The molecule has 0 aliphatic carbocycles. The van der Waals surface area contributed by atoms with Crippen molar-refractivity contribution in [3.63, 3.8) is 0 Å². The molecule has 0 amide bonds. The van der Waals surface area contributed by atoms with Crippen LogP contribution in [0.5, 0.6) is 0 Å². The summed E-state index contributed by atoms with van der Waals surface area (Å²) in [7, 11) is 4.33. The first-order valence-electron chi connectivity index (χ1n) is 8.07. The third-order valence-corrected chi connectivity index (χ3v) is 3.49. The van der Waals surface area contributed by atoms with E-state index < -0.39 is 0 Å². The highest BCUT2D eigenvalue weighted by Gasteiger charge is 2.23. The zero-order chi connectivity index (χ0) is 15.5. The van der Waals surface area contributed by atoms with Gasteiger partial charge in [0.05, 0.1) is 0 Å². The van der Waals surface area contributed by atoms with E-state index in [2.05, 4.69) is 47.9 Å². The van der Waals surface area contributed by atoms with Gasteiger partial charge in [0.1, 0.15) is 5.82 Å². The number of anilines is 1. The molecule has 3 heteroatoms. The highest BCUT2D eigenvalue weighted by Crippen LogP contribution is 2.18. The number of aryl methyl sites for hydroxylation is 1. The van der Waals surface area contributed by atoms with Crippen LogP contribution in [0.2, 0.25) is 0 Å². The topological polar surface area (TPSA) is 19.4 Å². The van der Waals surface area contributed by atoms with Gasteiger partial charge in [0.25, 0.3) is 0 Å². The van der Waals surface area contributed by atoms with Crippen molar-refractivity contribution >= 4 is 5.82 Å². The smallest absolute Gasteiger partial charge is 0.128 e. The van der Waals surface area contributed by atoms with Crippen LogP contribution in [0, 0.1) is 0 Å². The van der Waals surface area contributed by atoms with Crippen molar-refractivity contribution in [2.45, 2.75) is 53.5 Å². The molecule has 1 unspecified atom stereocenters. The zero-order valence-electron chi connectivity index (χ0n) is 14.5. The molecule has 0 N–H and O–H groups in total. The van der Waals surface area contributed by atoms with Crippen LogP contribution in [-0.4, -0.2) is 43.1 Å². The lowest BCUT2D eigenvalue weighted by Crippen LogP contribution is -2.34. The quantitative estimate of drug-likeness (QED) is 0.838. The van der Waals surface area contributed by atoms with Crippen LogP contribution in [0.1, 0.15) is 46.6 Å². The maximum absolute atomic E-state index is 4.53. The Hall–Kier alpha value is -1.09. The number of hydrogen-bond donors (Lipinski definition) is 0. The first-order valence-corrected chi connectivity index (χ1v) is 8.07. The van der Waals surface area contributed by atoms with E-state index in [-0.39, 0.29) is 0 Å². The van der Waals surface area contributed by atoms with Crippen molar-refractivity contribution in [1.29, 1.82) is 0 Å². The number of likely N-dealkylation sites (N-methyl/N-ethyl adjacent to an activating group) is 2. The fourth-order valence-electron chi connectivity index (χ4n) is 2.25. The maximum atomic E-state index is 4.53. The van der Waals surface area contributed by atoms with Crippen LogP contribution in [0.4, 0.5) is 5.82 Å². The minimum absolute atomic E-state index is 0.616. The molecule has 1 saturated heterocycles. The summed E-state index contributed by atoms with van der Waals surface area (Å²) >= 11 is 0. The summed E-state index contributed by atoms with van der Waals surface area (Å²) in [6.45, 7) is 12.5. The van der Waals surface area contributed by atoms with Gasteiger partial charge in [0.15, 0.2) is 0 Å². The highest BCUT2D eigenvalue weighted by molar-refractivity contribution is 5.40. The third kappa shape index (κ3) is 5.49. The van der Waals surface area contributed by atoms with E-state index in [1.54, 1.807) is 0 Å². The predicted octanol–water partition coefficient (Wildman–Crippen LogP) is 3.84. The van der Waals surface area contributed by atoms with Crippen LogP contribution < -0.4 is 4.90 Å². The molecular formula is C17H33N3. The van der Waals surface area contributed by atoms with Gasteiger partial charge in [-0.1, -0.05) is 40.7 Å². The number of nitrogens with zero attached hydrogens (tertiary/aromatic N) is 3. The van der Waals surface area contributed by atoms with E-state index in [1.807, 2.05) is 33.9 Å². The molecule has 1 aliphatic rings. The number of aromatic nitrogens is 1. The van der Waals surface area contributed by atoms with Crippen molar-refractivity contribution in [3.05, 3.63) is 23.9 Å². The Morgan fingerprint density at radius 2 is 1.90 bits per heavy atom. The normalized spacial score (nSPS) is 17.6. The van der Waals surface area contributed by atoms with Crippen LogP contribution >= 0.6 is 0 Å². The monoisotopic (exact) mass is 279 g/mol. The van der Waals surface area contributed by atoms with Gasteiger partial charge in [-0.25, -0.2) is 4.98 Å². The average Bonchev–Trinajstić information content (AvgIpc) is 2.97. The van der Waals surface area contributed by atoms with Crippen molar-refractivity contribution in [2.24, 2.45) is 0 Å². The Morgan fingerprint density at radius 1 is 1.25 bits per heavy atom. The molecule has 0 aromatic carbocycles. The van der Waals surface area contributed by atoms with E-state index in [1.165, 1.54) is 18.5 Å². The van der Waals surface area contributed by atoms with E-state index in [0.717, 1.165) is 18.8 Å². The lowest BCUT2D eigenvalue weighted by atomic mass is 10.2. The molecule has 0 spiro atoms. The Balaban J connectivity index is 0.000000829. The number of likely N-dealkylation sites (tertiary alicyclic amines) is 1. The first kappa shape index (κ1) is 18.9. The van der Waals surface area contributed by atoms with Gasteiger partial charge in [-0.15, -0.1) is 0 Å². The molecule has 116 valence electrons. The van der Waals surface area contributed by atoms with Gasteiger partial charge in [-0.2, -0.15) is 0 Å². The van der Waals surface area contributed by atoms with Crippen molar-refractivity contribution in [1.82, 2.24) is 9.88 Å². The Morgan fingerprint density at radius 3 is 2.30 bits per heavy atom. The predicted molar refractivity (Wildman–Crippen MR) is 90.6 cm³/mol. The average molecular weight is 279 g/mol. The summed E-state index contributed by atoms with van der Waals surface area (Å²) in [4.78, 5) is 9.21. The molecule has 2 rings (SSSR count).